The van der Waals surface area contributed by atoms with Crippen molar-refractivity contribution in [1.82, 2.24) is 14.5 Å². The summed E-state index contributed by atoms with van der Waals surface area (Å²) in [6.45, 7) is 2.85. The van der Waals surface area contributed by atoms with Crippen LogP contribution in [0.3, 0.4) is 0 Å². The van der Waals surface area contributed by atoms with Crippen LogP contribution in [0.25, 0.3) is 10.9 Å². The second-order valence-corrected chi connectivity index (χ2v) is 7.59. The molecular weight excluding hydrogens is 318 g/mol. The third-order valence-electron chi connectivity index (χ3n) is 4.92. The molecule has 1 unspecified atom stereocenters. The molecule has 3 aromatic rings. The minimum absolute atomic E-state index is 0.122. The summed E-state index contributed by atoms with van der Waals surface area (Å²) in [6, 6.07) is 10.1. The lowest BCUT2D eigenvalue weighted by atomic mass is 10.1. The van der Waals surface area contributed by atoms with Gasteiger partial charge in [-0.2, -0.15) is 0 Å². The van der Waals surface area contributed by atoms with E-state index in [0.717, 1.165) is 42.5 Å². The van der Waals surface area contributed by atoms with Crippen molar-refractivity contribution in [2.45, 2.75) is 19.4 Å². The minimum Gasteiger partial charge on any atom is -0.311 e. The Hall–Kier alpha value is -1.98. The van der Waals surface area contributed by atoms with Crippen molar-refractivity contribution < 1.29 is 0 Å². The van der Waals surface area contributed by atoms with E-state index in [2.05, 4.69) is 22.0 Å². The van der Waals surface area contributed by atoms with Crippen LogP contribution < -0.4 is 5.56 Å². The van der Waals surface area contributed by atoms with Crippen molar-refractivity contribution in [3.05, 3.63) is 62.8 Å². The van der Waals surface area contributed by atoms with Gasteiger partial charge in [0.05, 0.1) is 10.5 Å². The highest BCUT2D eigenvalue weighted by atomic mass is 32.1. The van der Waals surface area contributed by atoms with Crippen molar-refractivity contribution >= 4 is 22.2 Å². The summed E-state index contributed by atoms with van der Waals surface area (Å²) in [5.74, 6) is 0.653. The highest BCUT2D eigenvalue weighted by Gasteiger charge is 2.24. The SMILES string of the molecule is Cn1c(=O)c(CN2CCC(Cc3nccs3)C2)cc2ccccc21. The third kappa shape index (κ3) is 3.01. The number of likely N-dealkylation sites (tertiary alicyclic amines) is 1. The third-order valence-corrected chi connectivity index (χ3v) is 5.72. The first-order valence-corrected chi connectivity index (χ1v) is 9.27. The predicted octanol–water partition coefficient (Wildman–Crippen LogP) is 3.06. The van der Waals surface area contributed by atoms with Gasteiger partial charge in [-0.1, -0.05) is 18.2 Å². The Bertz CT molecular complexity index is 901. The molecule has 1 atom stereocenters. The van der Waals surface area contributed by atoms with E-state index in [0.29, 0.717) is 5.92 Å². The van der Waals surface area contributed by atoms with Gasteiger partial charge in [0.1, 0.15) is 0 Å². The lowest BCUT2D eigenvalue weighted by Gasteiger charge is -2.17. The number of fused-ring (bicyclic) bond motifs is 1. The Labute approximate surface area is 145 Å². The van der Waals surface area contributed by atoms with Gasteiger partial charge in [0.2, 0.25) is 0 Å². The fourth-order valence-corrected chi connectivity index (χ4v) is 4.40. The number of aryl methyl sites for hydroxylation is 1. The van der Waals surface area contributed by atoms with Crippen LogP contribution in [0.1, 0.15) is 17.0 Å². The molecule has 0 amide bonds. The summed E-state index contributed by atoms with van der Waals surface area (Å²) in [6.07, 6.45) is 4.13. The fraction of sp³-hybridized carbons (Fsp3) is 0.368. The van der Waals surface area contributed by atoms with E-state index < -0.39 is 0 Å². The molecule has 1 aromatic carbocycles. The second kappa shape index (κ2) is 6.49. The van der Waals surface area contributed by atoms with Gasteiger partial charge in [-0.15, -0.1) is 11.3 Å². The van der Waals surface area contributed by atoms with Gasteiger partial charge >= 0.3 is 0 Å². The average molecular weight is 339 g/mol. The molecule has 0 spiro atoms. The molecule has 24 heavy (non-hydrogen) atoms. The molecule has 0 N–H and O–H groups in total. The summed E-state index contributed by atoms with van der Waals surface area (Å²) >= 11 is 1.74. The average Bonchev–Trinajstić information content (AvgIpc) is 3.25. The first-order valence-electron chi connectivity index (χ1n) is 8.39. The van der Waals surface area contributed by atoms with Crippen molar-refractivity contribution in [2.24, 2.45) is 13.0 Å². The smallest absolute Gasteiger partial charge is 0.255 e. The van der Waals surface area contributed by atoms with Crippen LogP contribution in [0, 0.1) is 5.92 Å². The van der Waals surface area contributed by atoms with Gasteiger partial charge < -0.3 is 4.57 Å². The summed E-state index contributed by atoms with van der Waals surface area (Å²) in [5, 5.41) is 4.40. The Morgan fingerprint density at radius 1 is 1.33 bits per heavy atom. The highest BCUT2D eigenvalue weighted by molar-refractivity contribution is 7.09. The standard InChI is InChI=1S/C19H21N3OS/c1-21-17-5-3-2-4-15(17)11-16(19(21)23)13-22-8-6-14(12-22)10-18-20-7-9-24-18/h2-5,7,9,11,14H,6,8,10,12-13H2,1H3. The lowest BCUT2D eigenvalue weighted by molar-refractivity contribution is 0.314. The molecule has 1 aliphatic rings. The van der Waals surface area contributed by atoms with E-state index in [9.17, 15) is 4.79 Å². The predicted molar refractivity (Wildman–Crippen MR) is 98.4 cm³/mol. The molecule has 3 heterocycles. The van der Waals surface area contributed by atoms with Gasteiger partial charge in [0, 0.05) is 43.7 Å². The zero-order chi connectivity index (χ0) is 16.5. The summed E-state index contributed by atoms with van der Waals surface area (Å²) in [7, 11) is 1.86. The molecule has 0 aliphatic carbocycles. The molecular formula is C19H21N3OS. The van der Waals surface area contributed by atoms with E-state index in [1.165, 1.54) is 11.4 Å². The largest absolute Gasteiger partial charge is 0.311 e. The van der Waals surface area contributed by atoms with Gasteiger partial charge in [-0.25, -0.2) is 4.98 Å². The number of aromatic nitrogens is 2. The summed E-state index contributed by atoms with van der Waals surface area (Å²) < 4.78 is 1.77. The van der Waals surface area contributed by atoms with Crippen LogP contribution in [0.2, 0.25) is 0 Å². The Morgan fingerprint density at radius 3 is 3.04 bits per heavy atom. The molecule has 0 radical (unpaired) electrons. The Balaban J connectivity index is 1.51. The second-order valence-electron chi connectivity index (χ2n) is 6.61. The topological polar surface area (TPSA) is 38.1 Å². The lowest BCUT2D eigenvalue weighted by Crippen LogP contribution is -2.28. The number of rotatable bonds is 4. The first kappa shape index (κ1) is 15.5. The number of hydrogen-bond donors (Lipinski definition) is 0. The number of pyridine rings is 1. The van der Waals surface area contributed by atoms with Crippen LogP contribution in [-0.2, 0) is 20.0 Å². The van der Waals surface area contributed by atoms with Gasteiger partial charge in [0.15, 0.2) is 0 Å². The van der Waals surface area contributed by atoms with Crippen molar-refractivity contribution in [3.63, 3.8) is 0 Å². The Morgan fingerprint density at radius 2 is 2.21 bits per heavy atom. The minimum atomic E-state index is 0.122. The molecule has 1 saturated heterocycles. The van der Waals surface area contributed by atoms with Crippen LogP contribution in [0.4, 0.5) is 0 Å². The van der Waals surface area contributed by atoms with Gasteiger partial charge in [0.25, 0.3) is 5.56 Å². The quantitative estimate of drug-likeness (QED) is 0.733. The van der Waals surface area contributed by atoms with Crippen LogP contribution in [-0.4, -0.2) is 27.5 Å². The monoisotopic (exact) mass is 339 g/mol. The zero-order valence-corrected chi connectivity index (χ0v) is 14.6. The number of hydrogen-bond acceptors (Lipinski definition) is 4. The van der Waals surface area contributed by atoms with Crippen LogP contribution in [0.15, 0.2) is 46.7 Å². The normalized spacial score (nSPS) is 18.5. The van der Waals surface area contributed by atoms with Gasteiger partial charge in [-0.3, -0.25) is 9.69 Å². The molecule has 4 rings (SSSR count). The van der Waals surface area contributed by atoms with E-state index in [1.54, 1.807) is 15.9 Å². The van der Waals surface area contributed by atoms with Crippen LogP contribution in [0.5, 0.6) is 0 Å². The van der Waals surface area contributed by atoms with E-state index in [-0.39, 0.29) is 5.56 Å². The molecule has 1 fully saturated rings. The number of nitrogens with zero attached hydrogens (tertiary/aromatic N) is 3. The maximum absolute atomic E-state index is 12.6. The maximum atomic E-state index is 12.6. The Kier molecular flexibility index (Phi) is 4.21. The first-order chi connectivity index (χ1) is 11.7. The van der Waals surface area contributed by atoms with E-state index in [1.807, 2.05) is 36.8 Å². The van der Waals surface area contributed by atoms with Crippen molar-refractivity contribution in [1.29, 1.82) is 0 Å². The molecule has 4 nitrogen and oxygen atoms in total. The van der Waals surface area contributed by atoms with E-state index in [4.69, 9.17) is 0 Å². The van der Waals surface area contributed by atoms with Crippen molar-refractivity contribution in [3.8, 4) is 0 Å². The number of benzene rings is 1. The summed E-state index contributed by atoms with van der Waals surface area (Å²) in [5.41, 5.74) is 2.01. The molecule has 0 saturated carbocycles. The van der Waals surface area contributed by atoms with Crippen molar-refractivity contribution in [2.75, 3.05) is 13.1 Å². The molecule has 2 aromatic heterocycles. The zero-order valence-electron chi connectivity index (χ0n) is 13.8. The fourth-order valence-electron chi connectivity index (χ4n) is 3.67. The molecule has 5 heteroatoms. The molecule has 124 valence electrons. The van der Waals surface area contributed by atoms with Crippen LogP contribution >= 0.6 is 11.3 Å². The molecule has 1 aliphatic heterocycles. The maximum Gasteiger partial charge on any atom is 0.255 e. The number of thiazole rings is 1. The summed E-state index contributed by atoms with van der Waals surface area (Å²) in [4.78, 5) is 19.4. The molecule has 0 bridgehead atoms. The highest BCUT2D eigenvalue weighted by Crippen LogP contribution is 2.23. The van der Waals surface area contributed by atoms with Gasteiger partial charge in [-0.05, 0) is 36.4 Å². The van der Waals surface area contributed by atoms with E-state index >= 15 is 0 Å². The number of para-hydroxylation sites is 1.